The lowest BCUT2D eigenvalue weighted by atomic mass is 9.97. The fraction of sp³-hybridized carbons (Fsp3) is 0.348. The van der Waals surface area contributed by atoms with E-state index >= 15 is 0 Å². The molecule has 0 spiro atoms. The second-order valence-electron chi connectivity index (χ2n) is 7.98. The second kappa shape index (κ2) is 8.67. The number of Topliss-reactive ketones (excluding diaryl/α,β-unsaturated/α-hetero) is 1. The molecule has 3 heterocycles. The van der Waals surface area contributed by atoms with Crippen LogP contribution in [0.4, 0.5) is 11.5 Å². The molecule has 1 atom stereocenters. The normalized spacial score (nSPS) is 16.2. The summed E-state index contributed by atoms with van der Waals surface area (Å²) < 4.78 is 1.80. The molecule has 4 rings (SSSR count). The molecule has 1 N–H and O–H groups in total. The van der Waals surface area contributed by atoms with Crippen molar-refractivity contribution in [3.8, 4) is 5.82 Å². The van der Waals surface area contributed by atoms with Crippen LogP contribution in [0.2, 0.25) is 0 Å². The summed E-state index contributed by atoms with van der Waals surface area (Å²) >= 11 is 0. The number of hydrogen-bond donors (Lipinski definition) is 1. The highest BCUT2D eigenvalue weighted by Gasteiger charge is 2.27. The smallest absolute Gasteiger partial charge is 0.229 e. The van der Waals surface area contributed by atoms with Gasteiger partial charge in [-0.25, -0.2) is 14.6 Å². The molecule has 1 aromatic carbocycles. The molecule has 8 nitrogen and oxygen atoms in total. The molecule has 1 aliphatic rings. The Morgan fingerprint density at radius 1 is 1.06 bits per heavy atom. The van der Waals surface area contributed by atoms with Gasteiger partial charge in [-0.1, -0.05) is 0 Å². The van der Waals surface area contributed by atoms with Crippen LogP contribution in [0.3, 0.4) is 0 Å². The second-order valence-corrected chi connectivity index (χ2v) is 7.98. The Bertz CT molecular complexity index is 1110. The number of aromatic nitrogens is 4. The summed E-state index contributed by atoms with van der Waals surface area (Å²) in [6.45, 7) is 6.90. The van der Waals surface area contributed by atoms with Gasteiger partial charge in [0.2, 0.25) is 5.91 Å². The van der Waals surface area contributed by atoms with Crippen molar-refractivity contribution in [1.29, 1.82) is 0 Å². The lowest BCUT2D eigenvalue weighted by Crippen LogP contribution is -2.41. The summed E-state index contributed by atoms with van der Waals surface area (Å²) in [7, 11) is 0. The standard InChI is InChI=1S/C23H26N6O2/c1-15-11-16(2)29(27-15)22-12-21(24-14-25-22)28-10-4-5-19(13-28)23(31)26-20-8-6-18(7-9-20)17(3)30/h6-9,11-12,14,19H,4-5,10,13H2,1-3H3,(H,26,31). The van der Waals surface area contributed by atoms with Crippen molar-refractivity contribution in [2.75, 3.05) is 23.3 Å². The fourth-order valence-electron chi connectivity index (χ4n) is 3.92. The molecule has 0 aliphatic carbocycles. The minimum atomic E-state index is -0.145. The molecule has 3 aromatic rings. The van der Waals surface area contributed by atoms with Gasteiger partial charge in [0.15, 0.2) is 11.6 Å². The van der Waals surface area contributed by atoms with Crippen molar-refractivity contribution >= 4 is 23.2 Å². The minimum Gasteiger partial charge on any atom is -0.356 e. The van der Waals surface area contributed by atoms with Crippen molar-refractivity contribution < 1.29 is 9.59 Å². The van der Waals surface area contributed by atoms with Gasteiger partial charge in [0, 0.05) is 36.1 Å². The van der Waals surface area contributed by atoms with E-state index in [-0.39, 0.29) is 17.6 Å². The van der Waals surface area contributed by atoms with Crippen LogP contribution >= 0.6 is 0 Å². The van der Waals surface area contributed by atoms with Gasteiger partial charge in [0.1, 0.15) is 12.1 Å². The molecular weight excluding hydrogens is 392 g/mol. The zero-order valence-corrected chi connectivity index (χ0v) is 18.0. The van der Waals surface area contributed by atoms with E-state index in [4.69, 9.17) is 0 Å². The molecule has 0 bridgehead atoms. The first-order chi connectivity index (χ1) is 14.9. The Balaban J connectivity index is 1.46. The number of carbonyl (C=O) groups is 2. The highest BCUT2D eigenvalue weighted by Crippen LogP contribution is 2.24. The van der Waals surface area contributed by atoms with Gasteiger partial charge in [-0.3, -0.25) is 9.59 Å². The fourth-order valence-corrected chi connectivity index (χ4v) is 3.92. The number of nitrogens with one attached hydrogen (secondary N) is 1. The van der Waals surface area contributed by atoms with Gasteiger partial charge in [0.05, 0.1) is 11.6 Å². The molecule has 1 saturated heterocycles. The first kappa shape index (κ1) is 20.7. The number of hydrogen-bond acceptors (Lipinski definition) is 6. The van der Waals surface area contributed by atoms with Crippen molar-refractivity contribution in [3.05, 3.63) is 59.7 Å². The Labute approximate surface area is 181 Å². The maximum absolute atomic E-state index is 12.8. The summed E-state index contributed by atoms with van der Waals surface area (Å²) in [4.78, 5) is 35.2. The van der Waals surface area contributed by atoms with Gasteiger partial charge in [-0.05, 0) is 63.9 Å². The summed E-state index contributed by atoms with van der Waals surface area (Å²) in [5, 5.41) is 7.47. The van der Waals surface area contributed by atoms with Crippen LogP contribution in [0.5, 0.6) is 0 Å². The topological polar surface area (TPSA) is 93.0 Å². The van der Waals surface area contributed by atoms with Crippen LogP contribution in [0.25, 0.3) is 5.82 Å². The van der Waals surface area contributed by atoms with Crippen LogP contribution in [-0.2, 0) is 4.79 Å². The molecule has 160 valence electrons. The van der Waals surface area contributed by atoms with E-state index in [9.17, 15) is 9.59 Å². The molecule has 2 aromatic heterocycles. The predicted octanol–water partition coefficient (Wildman–Crippen LogP) is 3.34. The van der Waals surface area contributed by atoms with E-state index in [0.717, 1.165) is 36.6 Å². The number of carbonyl (C=O) groups excluding carboxylic acids is 2. The van der Waals surface area contributed by atoms with Gasteiger partial charge < -0.3 is 10.2 Å². The van der Waals surface area contributed by atoms with Crippen LogP contribution < -0.4 is 10.2 Å². The largest absolute Gasteiger partial charge is 0.356 e. The van der Waals surface area contributed by atoms with E-state index < -0.39 is 0 Å². The summed E-state index contributed by atoms with van der Waals surface area (Å²) in [6.07, 6.45) is 3.27. The molecule has 0 radical (unpaired) electrons. The summed E-state index contributed by atoms with van der Waals surface area (Å²) in [5.74, 6) is 1.35. The molecule has 1 unspecified atom stereocenters. The number of benzene rings is 1. The minimum absolute atomic E-state index is 0.00508. The maximum Gasteiger partial charge on any atom is 0.229 e. The summed E-state index contributed by atoms with van der Waals surface area (Å²) in [5.41, 5.74) is 3.27. The predicted molar refractivity (Wildman–Crippen MR) is 119 cm³/mol. The molecule has 1 aliphatic heterocycles. The van der Waals surface area contributed by atoms with Crippen molar-refractivity contribution in [2.45, 2.75) is 33.6 Å². The first-order valence-corrected chi connectivity index (χ1v) is 10.4. The third-order valence-corrected chi connectivity index (χ3v) is 5.54. The van der Waals surface area contributed by atoms with Crippen LogP contribution in [-0.4, -0.2) is 44.5 Å². The Hall–Kier alpha value is -3.55. The third kappa shape index (κ3) is 4.63. The number of anilines is 2. The summed E-state index contributed by atoms with van der Waals surface area (Å²) in [6, 6.07) is 10.9. The molecule has 31 heavy (non-hydrogen) atoms. The first-order valence-electron chi connectivity index (χ1n) is 10.4. The highest BCUT2D eigenvalue weighted by molar-refractivity contribution is 5.96. The van der Waals surface area contributed by atoms with E-state index in [0.29, 0.717) is 23.6 Å². The van der Waals surface area contributed by atoms with Crippen LogP contribution in [0.1, 0.15) is 41.5 Å². The zero-order chi connectivity index (χ0) is 22.0. The number of rotatable bonds is 5. The lowest BCUT2D eigenvalue weighted by molar-refractivity contribution is -0.120. The monoisotopic (exact) mass is 418 g/mol. The number of amides is 1. The molecule has 8 heteroatoms. The number of aryl methyl sites for hydroxylation is 2. The van der Waals surface area contributed by atoms with Gasteiger partial charge in [-0.15, -0.1) is 0 Å². The Morgan fingerprint density at radius 2 is 1.81 bits per heavy atom. The van der Waals surface area contributed by atoms with Gasteiger partial charge >= 0.3 is 0 Å². The molecule has 0 saturated carbocycles. The van der Waals surface area contributed by atoms with Gasteiger partial charge in [0.25, 0.3) is 0 Å². The van der Waals surface area contributed by atoms with Crippen LogP contribution in [0, 0.1) is 19.8 Å². The van der Waals surface area contributed by atoms with Gasteiger partial charge in [-0.2, -0.15) is 5.10 Å². The Morgan fingerprint density at radius 3 is 2.48 bits per heavy atom. The van der Waals surface area contributed by atoms with E-state index in [1.807, 2.05) is 26.0 Å². The molecule has 1 fully saturated rings. The van der Waals surface area contributed by atoms with Crippen molar-refractivity contribution in [2.24, 2.45) is 5.92 Å². The third-order valence-electron chi connectivity index (χ3n) is 5.54. The molecular formula is C23H26N6O2. The lowest BCUT2D eigenvalue weighted by Gasteiger charge is -2.33. The molecule has 1 amide bonds. The Kier molecular flexibility index (Phi) is 5.79. The zero-order valence-electron chi connectivity index (χ0n) is 18.0. The van der Waals surface area contributed by atoms with E-state index in [1.54, 1.807) is 35.3 Å². The van der Waals surface area contributed by atoms with Crippen molar-refractivity contribution in [1.82, 2.24) is 19.7 Å². The quantitative estimate of drug-likeness (QED) is 0.639. The average molecular weight is 419 g/mol. The number of nitrogens with zero attached hydrogens (tertiary/aromatic N) is 5. The van der Waals surface area contributed by atoms with E-state index in [2.05, 4.69) is 25.3 Å². The van der Waals surface area contributed by atoms with Crippen LogP contribution in [0.15, 0.2) is 42.7 Å². The number of piperidine rings is 1. The average Bonchev–Trinajstić information content (AvgIpc) is 3.12. The van der Waals surface area contributed by atoms with Crippen molar-refractivity contribution in [3.63, 3.8) is 0 Å². The highest BCUT2D eigenvalue weighted by atomic mass is 16.2. The number of ketones is 1. The van der Waals surface area contributed by atoms with E-state index in [1.165, 1.54) is 6.92 Å². The maximum atomic E-state index is 12.8. The SMILES string of the molecule is CC(=O)c1ccc(NC(=O)C2CCCN(c3cc(-n4nc(C)cc4C)ncn3)C2)cc1.